The maximum Gasteiger partial charge on any atom is 0.305 e. The topological polar surface area (TPSA) is 152 Å². The van der Waals surface area contributed by atoms with E-state index in [1.165, 1.54) is 29.2 Å². The van der Waals surface area contributed by atoms with Gasteiger partial charge in [-0.2, -0.15) is 0 Å². The summed E-state index contributed by atoms with van der Waals surface area (Å²) >= 11 is 6.34. The largest absolute Gasteiger partial charge is 0.483 e. The van der Waals surface area contributed by atoms with E-state index in [4.69, 9.17) is 9.47 Å². The van der Waals surface area contributed by atoms with Gasteiger partial charge in [-0.3, -0.25) is 34.2 Å². The number of nitro benzene ring substituents is 1. The number of nitro groups is 1. The zero-order valence-electron chi connectivity index (χ0n) is 24.1. The van der Waals surface area contributed by atoms with Gasteiger partial charge in [-0.1, -0.05) is 27.3 Å². The van der Waals surface area contributed by atoms with E-state index in [-0.39, 0.29) is 63.8 Å². The van der Waals surface area contributed by atoms with Crippen LogP contribution in [0.1, 0.15) is 22.8 Å². The van der Waals surface area contributed by atoms with Gasteiger partial charge in [0.1, 0.15) is 5.75 Å². The van der Waals surface area contributed by atoms with Gasteiger partial charge in [-0.25, -0.2) is 0 Å². The second-order valence-corrected chi connectivity index (χ2v) is 15.3. The van der Waals surface area contributed by atoms with Gasteiger partial charge in [0.05, 0.1) is 40.7 Å². The number of aromatic amines is 1. The van der Waals surface area contributed by atoms with Gasteiger partial charge < -0.3 is 19.4 Å². The Morgan fingerprint density at radius 2 is 1.78 bits per heavy atom. The van der Waals surface area contributed by atoms with Gasteiger partial charge in [0.25, 0.3) is 11.6 Å². The number of H-pyrrole nitrogens is 1. The second-order valence-electron chi connectivity index (χ2n) is 12.2. The lowest BCUT2D eigenvalue weighted by atomic mass is 9.68. The summed E-state index contributed by atoms with van der Waals surface area (Å²) in [6.45, 7) is 1.85. The fraction of sp³-hybridized carbons (Fsp3) is 0.419. The molecule has 2 bridgehead atoms. The molecule has 3 amide bonds. The molecule has 3 aliphatic heterocycles. The number of hydrogen-bond donors (Lipinski definition) is 1. The standard InChI is InChI=1S/C31H27BrN4O8S2/c32-14-1-6-20(44-13-21(37)34-7-9-43-10-8-34)17(11-14)22-23-18-12-19(26(23)45-28-27(22)46-31(40)33-28)25-24(18)29(38)35(30(25)39)15-2-4-16(5-3-15)36(41)42/h1-6,11,18-19,22-26H,7-10,12-13H2,(H,33,40)/t18-,19-,22+,23-,24+,25+,26-/m1/s1. The number of morpholine rings is 1. The van der Waals surface area contributed by atoms with E-state index in [1.807, 2.05) is 18.2 Å². The molecule has 4 heterocycles. The first-order valence-corrected chi connectivity index (χ1v) is 17.5. The number of nitrogens with one attached hydrogen (secondary N) is 1. The molecule has 2 saturated carbocycles. The van der Waals surface area contributed by atoms with Crippen LogP contribution in [0.4, 0.5) is 11.4 Å². The zero-order chi connectivity index (χ0) is 31.9. The van der Waals surface area contributed by atoms with Crippen molar-refractivity contribution in [2.45, 2.75) is 22.6 Å². The van der Waals surface area contributed by atoms with Crippen LogP contribution in [-0.2, 0) is 19.1 Å². The number of imide groups is 1. The average molecular weight is 728 g/mol. The van der Waals surface area contributed by atoms with E-state index in [2.05, 4.69) is 20.9 Å². The van der Waals surface area contributed by atoms with Gasteiger partial charge in [0.2, 0.25) is 11.8 Å². The van der Waals surface area contributed by atoms with Gasteiger partial charge in [0.15, 0.2) is 6.61 Å². The Kier molecular flexibility index (Phi) is 7.34. The summed E-state index contributed by atoms with van der Waals surface area (Å²) in [5.41, 5.74) is 1.04. The minimum absolute atomic E-state index is 0.0376. The number of anilines is 1. The normalized spacial score (nSPS) is 29.5. The van der Waals surface area contributed by atoms with Crippen molar-refractivity contribution in [3.63, 3.8) is 0 Å². The van der Waals surface area contributed by atoms with Crippen LogP contribution in [-0.4, -0.2) is 70.7 Å². The Bertz CT molecular complexity index is 1840. The highest BCUT2D eigenvalue weighted by Gasteiger charge is 2.70. The summed E-state index contributed by atoms with van der Waals surface area (Å²) in [5.74, 6) is -1.80. The van der Waals surface area contributed by atoms with E-state index in [9.17, 15) is 29.3 Å². The maximum atomic E-state index is 14.1. The van der Waals surface area contributed by atoms with Gasteiger partial charge in [-0.05, 0) is 54.5 Å². The number of aromatic nitrogens is 1. The van der Waals surface area contributed by atoms with Gasteiger partial charge >= 0.3 is 4.87 Å². The number of ether oxygens (including phenoxy) is 2. The van der Waals surface area contributed by atoms with E-state index >= 15 is 0 Å². The first-order valence-electron chi connectivity index (χ1n) is 15.0. The molecule has 0 unspecified atom stereocenters. The number of carbonyl (C=O) groups is 3. The molecule has 1 N–H and O–H groups in total. The first kappa shape index (κ1) is 29.8. The van der Waals surface area contributed by atoms with Crippen molar-refractivity contribution in [2.24, 2.45) is 29.6 Å². The molecule has 2 aliphatic carbocycles. The van der Waals surface area contributed by atoms with Gasteiger partial charge in [0, 0.05) is 51.3 Å². The lowest BCUT2D eigenvalue weighted by molar-refractivity contribution is -0.384. The molecule has 0 radical (unpaired) electrons. The van der Waals surface area contributed by atoms with Gasteiger partial charge in [-0.15, -0.1) is 11.8 Å². The quantitative estimate of drug-likeness (QED) is 0.226. The number of non-ortho nitro benzene ring substituents is 1. The number of nitrogens with zero attached hydrogens (tertiary/aromatic N) is 3. The van der Waals surface area contributed by atoms with E-state index in [0.29, 0.717) is 44.2 Å². The predicted octanol–water partition coefficient (Wildman–Crippen LogP) is 4.02. The molecule has 15 heteroatoms. The number of hydrogen-bond acceptors (Lipinski definition) is 10. The van der Waals surface area contributed by atoms with E-state index in [1.54, 1.807) is 16.7 Å². The first-order chi connectivity index (χ1) is 22.2. The number of carbonyl (C=O) groups excluding carboxylic acids is 3. The highest BCUT2D eigenvalue weighted by Crippen LogP contribution is 2.69. The Hall–Kier alpha value is -3.53. The zero-order valence-corrected chi connectivity index (χ0v) is 27.3. The van der Waals surface area contributed by atoms with Crippen LogP contribution in [0.3, 0.4) is 0 Å². The lowest BCUT2D eigenvalue weighted by Crippen LogP contribution is -2.43. The van der Waals surface area contributed by atoms with Crippen molar-refractivity contribution in [3.05, 3.63) is 77.2 Å². The Morgan fingerprint density at radius 1 is 1.07 bits per heavy atom. The minimum atomic E-state index is -0.534. The average Bonchev–Trinajstić information content (AvgIpc) is 3.79. The van der Waals surface area contributed by atoms with Crippen LogP contribution in [0.5, 0.6) is 5.75 Å². The summed E-state index contributed by atoms with van der Waals surface area (Å²) in [5, 5.41) is 11.9. The van der Waals surface area contributed by atoms with Crippen LogP contribution >= 0.6 is 39.0 Å². The van der Waals surface area contributed by atoms with Crippen LogP contribution in [0.2, 0.25) is 0 Å². The molecule has 12 nitrogen and oxygen atoms in total. The molecule has 4 fully saturated rings. The number of benzene rings is 2. The fourth-order valence-corrected chi connectivity index (χ4v) is 11.5. The third-order valence-electron chi connectivity index (χ3n) is 10.1. The van der Waals surface area contributed by atoms with Crippen molar-refractivity contribution < 1.29 is 28.8 Å². The monoisotopic (exact) mass is 726 g/mol. The molecule has 2 aromatic carbocycles. The number of rotatable bonds is 6. The van der Waals surface area contributed by atoms with Crippen molar-refractivity contribution in [1.82, 2.24) is 9.88 Å². The van der Waals surface area contributed by atoms with Crippen LogP contribution in [0, 0.1) is 39.7 Å². The number of halogens is 1. The molecule has 238 valence electrons. The second kappa shape index (κ2) is 11.3. The fourth-order valence-electron chi connectivity index (χ4n) is 8.28. The molecule has 5 aliphatic rings. The highest BCUT2D eigenvalue weighted by molar-refractivity contribution is 9.10. The van der Waals surface area contributed by atoms with Crippen molar-refractivity contribution >= 4 is 68.1 Å². The molecule has 1 aromatic heterocycles. The minimum Gasteiger partial charge on any atom is -0.483 e. The molecular weight excluding hydrogens is 700 g/mol. The van der Waals surface area contributed by atoms with Crippen LogP contribution in [0.15, 0.2) is 56.8 Å². The molecule has 0 spiro atoms. The van der Waals surface area contributed by atoms with E-state index in [0.717, 1.165) is 31.3 Å². The summed E-state index contributed by atoms with van der Waals surface area (Å²) in [4.78, 5) is 71.0. The van der Waals surface area contributed by atoms with Crippen molar-refractivity contribution in [1.29, 1.82) is 0 Å². The molecule has 3 aromatic rings. The van der Waals surface area contributed by atoms with Crippen molar-refractivity contribution in [3.8, 4) is 5.75 Å². The van der Waals surface area contributed by atoms with Crippen LogP contribution < -0.4 is 14.5 Å². The Morgan fingerprint density at radius 3 is 2.50 bits per heavy atom. The summed E-state index contributed by atoms with van der Waals surface area (Å²) < 4.78 is 12.4. The summed E-state index contributed by atoms with van der Waals surface area (Å²) in [6, 6.07) is 11.2. The lowest BCUT2D eigenvalue weighted by Gasteiger charge is -2.43. The molecular formula is C31H27BrN4O8S2. The predicted molar refractivity (Wildman–Crippen MR) is 171 cm³/mol. The van der Waals surface area contributed by atoms with Crippen LogP contribution in [0.25, 0.3) is 0 Å². The summed E-state index contributed by atoms with van der Waals surface area (Å²) in [7, 11) is 0. The number of thioether (sulfide) groups is 1. The Balaban J connectivity index is 1.15. The highest BCUT2D eigenvalue weighted by atomic mass is 79.9. The molecule has 7 atom stereocenters. The third kappa shape index (κ3) is 4.65. The van der Waals surface area contributed by atoms with E-state index < -0.39 is 16.8 Å². The Labute approximate surface area is 278 Å². The number of fused-ring (bicyclic) bond motifs is 9. The molecule has 8 rings (SSSR count). The summed E-state index contributed by atoms with van der Waals surface area (Å²) in [6.07, 6.45) is 0.707. The van der Waals surface area contributed by atoms with Crippen molar-refractivity contribution in [2.75, 3.05) is 37.8 Å². The SMILES string of the molecule is O=C(COc1ccc(Br)cc1[C@@H]1c2sc(=O)[nH]c2S[C@@H]2[C@@H]3C[C@@H]([C@@H]4C(=O)N(c5ccc([N+](=O)[O-])cc5)C(=O)[C@@H]34)[C@H]12)N1CCOCC1. The third-order valence-corrected chi connectivity index (χ3v) is 13.1. The molecule has 46 heavy (non-hydrogen) atoms. The smallest absolute Gasteiger partial charge is 0.305 e. The number of thiazole rings is 1. The number of amides is 3. The molecule has 2 saturated heterocycles. The maximum absolute atomic E-state index is 14.1.